The van der Waals surface area contributed by atoms with Crippen molar-refractivity contribution in [2.45, 2.75) is 11.3 Å². The van der Waals surface area contributed by atoms with Crippen LogP contribution in [-0.2, 0) is 10.0 Å². The topological polar surface area (TPSA) is 58.2 Å². The first-order chi connectivity index (χ1) is 8.58. The average Bonchev–Trinajstić information content (AvgIpc) is 2.38. The highest BCUT2D eigenvalue weighted by atomic mass is 35.5. The van der Waals surface area contributed by atoms with E-state index in [2.05, 4.69) is 10.0 Å². The van der Waals surface area contributed by atoms with E-state index in [1.165, 1.54) is 12.1 Å². The second-order valence-electron chi connectivity index (χ2n) is 4.09. The molecule has 0 spiro atoms. The maximum absolute atomic E-state index is 12.7. The highest BCUT2D eigenvalue weighted by molar-refractivity contribution is 7.89. The first kappa shape index (κ1) is 16.1. The Morgan fingerprint density at radius 1 is 1.26 bits per heavy atom. The van der Waals surface area contributed by atoms with Gasteiger partial charge in [-0.25, -0.2) is 17.5 Å². The normalized spacial score (nSPS) is 15.5. The molecule has 19 heavy (non-hydrogen) atoms. The molecule has 0 amide bonds. The maximum atomic E-state index is 12.7. The molecule has 2 N–H and O–H groups in total. The minimum Gasteiger partial charge on any atom is -0.313 e. The van der Waals surface area contributed by atoms with Crippen LogP contribution in [0.15, 0.2) is 40.8 Å². The fraction of sp³-hybridized carbons (Fsp3) is 0.333. The van der Waals surface area contributed by atoms with Crippen LogP contribution in [0.25, 0.3) is 0 Å². The first-order valence-electron chi connectivity index (χ1n) is 5.72. The van der Waals surface area contributed by atoms with E-state index in [0.29, 0.717) is 6.54 Å². The number of sulfonamides is 1. The summed E-state index contributed by atoms with van der Waals surface area (Å²) in [5.74, 6) is -0.449. The quantitative estimate of drug-likeness (QED) is 0.828. The van der Waals surface area contributed by atoms with Crippen molar-refractivity contribution >= 4 is 22.4 Å². The lowest BCUT2D eigenvalue weighted by atomic mass is 10.1. The SMILES string of the molecule is Cl.O=S(=O)(NCC1=CCNCC1)c1ccc(F)cc1. The smallest absolute Gasteiger partial charge is 0.240 e. The number of benzene rings is 1. The predicted molar refractivity (Wildman–Crippen MR) is 74.4 cm³/mol. The molecule has 1 aliphatic heterocycles. The number of halogens is 2. The maximum Gasteiger partial charge on any atom is 0.240 e. The molecule has 0 aliphatic carbocycles. The Morgan fingerprint density at radius 2 is 1.95 bits per heavy atom. The predicted octanol–water partition coefficient (Wildman–Crippen LogP) is 1.45. The van der Waals surface area contributed by atoms with Gasteiger partial charge in [0.25, 0.3) is 0 Å². The molecule has 1 aromatic carbocycles. The molecule has 0 radical (unpaired) electrons. The Morgan fingerprint density at radius 3 is 2.53 bits per heavy atom. The van der Waals surface area contributed by atoms with Gasteiger partial charge in [-0.1, -0.05) is 11.6 Å². The Kier molecular flexibility index (Phi) is 5.93. The molecule has 0 unspecified atom stereocenters. The second-order valence-corrected chi connectivity index (χ2v) is 5.86. The minimum absolute atomic E-state index is 0. The molecular weight excluding hydrogens is 291 g/mol. The van der Waals surface area contributed by atoms with Crippen LogP contribution in [0.3, 0.4) is 0 Å². The number of hydrogen-bond acceptors (Lipinski definition) is 3. The highest BCUT2D eigenvalue weighted by Crippen LogP contribution is 2.10. The molecule has 1 aromatic rings. The van der Waals surface area contributed by atoms with Crippen molar-refractivity contribution in [2.24, 2.45) is 0 Å². The molecule has 0 atom stereocenters. The zero-order chi connectivity index (χ0) is 13.0. The molecule has 0 bridgehead atoms. The Balaban J connectivity index is 0.00000180. The molecule has 2 rings (SSSR count). The van der Waals surface area contributed by atoms with E-state index < -0.39 is 15.8 Å². The van der Waals surface area contributed by atoms with Crippen LogP contribution in [0.4, 0.5) is 4.39 Å². The average molecular weight is 307 g/mol. The summed E-state index contributed by atoms with van der Waals surface area (Å²) in [5, 5.41) is 3.15. The molecule has 106 valence electrons. The molecule has 4 nitrogen and oxygen atoms in total. The van der Waals surface area contributed by atoms with Crippen LogP contribution in [0.1, 0.15) is 6.42 Å². The second kappa shape index (κ2) is 7.00. The van der Waals surface area contributed by atoms with Crippen molar-refractivity contribution in [3.8, 4) is 0 Å². The summed E-state index contributed by atoms with van der Waals surface area (Å²) < 4.78 is 39.1. The van der Waals surface area contributed by atoms with Crippen LogP contribution in [0, 0.1) is 5.82 Å². The van der Waals surface area contributed by atoms with Gasteiger partial charge in [0.15, 0.2) is 0 Å². The van der Waals surface area contributed by atoms with Crippen molar-refractivity contribution in [1.82, 2.24) is 10.0 Å². The van der Waals surface area contributed by atoms with Crippen LogP contribution in [-0.4, -0.2) is 28.1 Å². The van der Waals surface area contributed by atoms with Crippen LogP contribution < -0.4 is 10.0 Å². The standard InChI is InChI=1S/C12H15FN2O2S.ClH/c13-11-1-3-12(4-2-11)18(16,17)15-9-10-5-7-14-8-6-10;/h1-5,14-15H,6-9H2;1H. The Hall–Kier alpha value is -0.950. The molecule has 7 heteroatoms. The Bertz CT molecular complexity index is 543. The summed E-state index contributed by atoms with van der Waals surface area (Å²) in [5.41, 5.74) is 1.07. The van der Waals surface area contributed by atoms with Gasteiger partial charge >= 0.3 is 0 Å². The van der Waals surface area contributed by atoms with E-state index in [4.69, 9.17) is 0 Å². The minimum atomic E-state index is -3.55. The van der Waals surface area contributed by atoms with Gasteiger partial charge in [-0.2, -0.15) is 0 Å². The fourth-order valence-electron chi connectivity index (χ4n) is 1.71. The van der Waals surface area contributed by atoms with Gasteiger partial charge in [-0.15, -0.1) is 12.4 Å². The van der Waals surface area contributed by atoms with Gasteiger partial charge in [0.1, 0.15) is 5.82 Å². The third-order valence-corrected chi connectivity index (χ3v) is 4.19. The number of rotatable bonds is 4. The van der Waals surface area contributed by atoms with Crippen molar-refractivity contribution in [3.05, 3.63) is 41.7 Å². The molecule has 0 fully saturated rings. The molecule has 0 saturated heterocycles. The summed E-state index contributed by atoms with van der Waals surface area (Å²) in [6.45, 7) is 1.94. The van der Waals surface area contributed by atoms with Crippen molar-refractivity contribution < 1.29 is 12.8 Å². The highest BCUT2D eigenvalue weighted by Gasteiger charge is 2.14. The molecule has 0 aromatic heterocycles. The lowest BCUT2D eigenvalue weighted by Crippen LogP contribution is -2.29. The number of hydrogen-bond donors (Lipinski definition) is 2. The van der Waals surface area contributed by atoms with Gasteiger partial charge in [0, 0.05) is 13.1 Å². The summed E-state index contributed by atoms with van der Waals surface area (Å²) in [6.07, 6.45) is 2.82. The monoisotopic (exact) mass is 306 g/mol. The summed E-state index contributed by atoms with van der Waals surface area (Å²) in [6, 6.07) is 4.79. The summed E-state index contributed by atoms with van der Waals surface area (Å²) in [4.78, 5) is 0.0819. The van der Waals surface area contributed by atoms with E-state index in [1.807, 2.05) is 6.08 Å². The van der Waals surface area contributed by atoms with E-state index in [1.54, 1.807) is 0 Å². The third kappa shape index (κ3) is 4.58. The van der Waals surface area contributed by atoms with Gasteiger partial charge in [0.05, 0.1) is 4.90 Å². The van der Waals surface area contributed by atoms with E-state index >= 15 is 0 Å². The van der Waals surface area contributed by atoms with E-state index in [0.717, 1.165) is 37.2 Å². The first-order valence-corrected chi connectivity index (χ1v) is 7.20. The fourth-order valence-corrected chi connectivity index (χ4v) is 2.75. The van der Waals surface area contributed by atoms with Crippen LogP contribution in [0.2, 0.25) is 0 Å². The van der Waals surface area contributed by atoms with Gasteiger partial charge in [-0.3, -0.25) is 0 Å². The zero-order valence-electron chi connectivity index (χ0n) is 10.2. The summed E-state index contributed by atoms with van der Waals surface area (Å²) in [7, 11) is -3.55. The van der Waals surface area contributed by atoms with Crippen molar-refractivity contribution in [2.75, 3.05) is 19.6 Å². The molecule has 1 heterocycles. The van der Waals surface area contributed by atoms with Crippen LogP contribution in [0.5, 0.6) is 0 Å². The van der Waals surface area contributed by atoms with Gasteiger partial charge in [0.2, 0.25) is 10.0 Å². The lowest BCUT2D eigenvalue weighted by molar-refractivity contribution is 0.581. The van der Waals surface area contributed by atoms with Crippen molar-refractivity contribution in [1.29, 1.82) is 0 Å². The summed E-state index contributed by atoms with van der Waals surface area (Å²) >= 11 is 0. The molecule has 1 aliphatic rings. The molecule has 0 saturated carbocycles. The van der Waals surface area contributed by atoms with Gasteiger partial charge < -0.3 is 5.32 Å². The number of nitrogens with one attached hydrogen (secondary N) is 2. The largest absolute Gasteiger partial charge is 0.313 e. The third-order valence-electron chi connectivity index (χ3n) is 2.77. The molecular formula is C12H16ClFN2O2S. The van der Waals surface area contributed by atoms with Gasteiger partial charge in [-0.05, 0) is 37.2 Å². The van der Waals surface area contributed by atoms with E-state index in [-0.39, 0.29) is 17.3 Å². The van der Waals surface area contributed by atoms with Crippen molar-refractivity contribution in [3.63, 3.8) is 0 Å². The van der Waals surface area contributed by atoms with E-state index in [9.17, 15) is 12.8 Å². The Labute approximate surface area is 118 Å². The zero-order valence-corrected chi connectivity index (χ0v) is 11.9. The van der Waals surface area contributed by atoms with Crippen LogP contribution >= 0.6 is 12.4 Å². The lowest BCUT2D eigenvalue weighted by Gasteiger charge is -2.14.